The van der Waals surface area contributed by atoms with Gasteiger partial charge in [-0.25, -0.2) is 0 Å². The SMILES string of the molecule is OC[C@H]1OSC[C@@H](O)[C@H]1O. The van der Waals surface area contributed by atoms with Crippen LogP contribution in [-0.4, -0.2) is 46.0 Å². The number of hydrogen-bond acceptors (Lipinski definition) is 5. The summed E-state index contributed by atoms with van der Waals surface area (Å²) in [5.41, 5.74) is 0. The Bertz CT molecular complexity index is 110. The molecule has 0 spiro atoms. The van der Waals surface area contributed by atoms with Gasteiger partial charge in [-0.05, 0) is 12.0 Å². The zero-order chi connectivity index (χ0) is 7.56. The lowest BCUT2D eigenvalue weighted by atomic mass is 10.1. The molecule has 10 heavy (non-hydrogen) atoms. The molecule has 1 rings (SSSR count). The van der Waals surface area contributed by atoms with Crippen LogP contribution in [0.15, 0.2) is 0 Å². The van der Waals surface area contributed by atoms with Gasteiger partial charge >= 0.3 is 0 Å². The van der Waals surface area contributed by atoms with Gasteiger partial charge in [-0.1, -0.05) is 0 Å². The molecule has 1 aliphatic rings. The first kappa shape index (κ1) is 8.29. The van der Waals surface area contributed by atoms with Gasteiger partial charge in [0, 0.05) is 5.75 Å². The fourth-order valence-electron chi connectivity index (χ4n) is 0.738. The highest BCUT2D eigenvalue weighted by Crippen LogP contribution is 2.21. The summed E-state index contributed by atoms with van der Waals surface area (Å²) in [5, 5.41) is 26.7. The van der Waals surface area contributed by atoms with E-state index in [1.807, 2.05) is 0 Å². The third kappa shape index (κ3) is 1.62. The molecule has 60 valence electrons. The maximum atomic E-state index is 9.09. The number of aliphatic hydroxyl groups excluding tert-OH is 3. The van der Waals surface area contributed by atoms with Crippen LogP contribution in [0.1, 0.15) is 0 Å². The van der Waals surface area contributed by atoms with Crippen LogP contribution in [0, 0.1) is 0 Å². The monoisotopic (exact) mass is 166 g/mol. The first-order valence-electron chi connectivity index (χ1n) is 3.01. The van der Waals surface area contributed by atoms with E-state index in [9.17, 15) is 0 Å². The van der Waals surface area contributed by atoms with Crippen molar-refractivity contribution in [3.05, 3.63) is 0 Å². The van der Waals surface area contributed by atoms with Crippen LogP contribution in [0.2, 0.25) is 0 Å². The molecule has 0 bridgehead atoms. The molecule has 3 N–H and O–H groups in total. The van der Waals surface area contributed by atoms with Gasteiger partial charge in [-0.3, -0.25) is 0 Å². The van der Waals surface area contributed by atoms with Crippen molar-refractivity contribution in [3.63, 3.8) is 0 Å². The number of hydrogen-bond donors (Lipinski definition) is 3. The topological polar surface area (TPSA) is 69.9 Å². The summed E-state index contributed by atoms with van der Waals surface area (Å²) < 4.78 is 4.87. The van der Waals surface area contributed by atoms with Gasteiger partial charge < -0.3 is 19.5 Å². The van der Waals surface area contributed by atoms with Gasteiger partial charge in [0.1, 0.15) is 12.2 Å². The van der Waals surface area contributed by atoms with E-state index in [2.05, 4.69) is 0 Å². The van der Waals surface area contributed by atoms with Crippen LogP contribution in [-0.2, 0) is 4.18 Å². The summed E-state index contributed by atoms with van der Waals surface area (Å²) in [5.74, 6) is 0.359. The lowest BCUT2D eigenvalue weighted by Crippen LogP contribution is -2.44. The van der Waals surface area contributed by atoms with Crippen molar-refractivity contribution < 1.29 is 19.5 Å². The van der Waals surface area contributed by atoms with Crippen molar-refractivity contribution in [2.75, 3.05) is 12.4 Å². The Morgan fingerprint density at radius 2 is 2.20 bits per heavy atom. The molecule has 0 saturated carbocycles. The predicted molar refractivity (Wildman–Crippen MR) is 36.4 cm³/mol. The molecule has 0 aliphatic carbocycles. The Kier molecular flexibility index (Phi) is 2.94. The fraction of sp³-hybridized carbons (Fsp3) is 1.00. The van der Waals surface area contributed by atoms with Crippen LogP contribution in [0.3, 0.4) is 0 Å². The molecule has 0 aromatic carbocycles. The zero-order valence-corrected chi connectivity index (χ0v) is 6.12. The molecule has 1 heterocycles. The second kappa shape index (κ2) is 3.54. The molecule has 1 saturated heterocycles. The van der Waals surface area contributed by atoms with E-state index in [-0.39, 0.29) is 6.61 Å². The second-order valence-electron chi connectivity index (χ2n) is 2.16. The van der Waals surface area contributed by atoms with Crippen molar-refractivity contribution in [2.24, 2.45) is 0 Å². The van der Waals surface area contributed by atoms with Gasteiger partial charge in [-0.15, -0.1) is 0 Å². The predicted octanol–water partition coefficient (Wildman–Crippen LogP) is -1.25. The van der Waals surface area contributed by atoms with E-state index < -0.39 is 18.3 Å². The summed E-state index contributed by atoms with van der Waals surface area (Å²) in [6.07, 6.45) is -2.38. The minimum Gasteiger partial charge on any atom is -0.394 e. The normalized spacial score (nSPS) is 41.7. The Hall–Kier alpha value is 0.190. The van der Waals surface area contributed by atoms with Crippen LogP contribution in [0.5, 0.6) is 0 Å². The lowest BCUT2D eigenvalue weighted by Gasteiger charge is -2.29. The molecule has 0 aromatic heterocycles. The summed E-state index contributed by atoms with van der Waals surface area (Å²) in [7, 11) is 0. The van der Waals surface area contributed by atoms with Crippen molar-refractivity contribution in [1.29, 1.82) is 0 Å². The fourth-order valence-corrected chi connectivity index (χ4v) is 1.50. The number of rotatable bonds is 1. The van der Waals surface area contributed by atoms with Crippen LogP contribution >= 0.6 is 12.0 Å². The van der Waals surface area contributed by atoms with Crippen molar-refractivity contribution in [2.45, 2.75) is 18.3 Å². The minimum absolute atomic E-state index is 0.259. The molecule has 4 nitrogen and oxygen atoms in total. The minimum atomic E-state index is -0.953. The second-order valence-corrected chi connectivity index (χ2v) is 2.92. The quantitative estimate of drug-likeness (QED) is 0.424. The summed E-state index contributed by atoms with van der Waals surface area (Å²) >= 11 is 1.07. The molecule has 0 radical (unpaired) electrons. The van der Waals surface area contributed by atoms with Gasteiger partial charge in [-0.2, -0.15) is 0 Å². The summed E-state index contributed by atoms with van der Waals surface area (Å²) in [4.78, 5) is 0. The Labute approximate surface area is 63.0 Å². The van der Waals surface area contributed by atoms with Gasteiger partial charge in [0.25, 0.3) is 0 Å². The molecule has 1 aliphatic heterocycles. The third-order valence-corrected chi connectivity index (χ3v) is 2.25. The highest BCUT2D eigenvalue weighted by molar-refractivity contribution is 7.94. The van der Waals surface area contributed by atoms with Crippen molar-refractivity contribution in [1.82, 2.24) is 0 Å². The molecular weight excluding hydrogens is 156 g/mol. The maximum Gasteiger partial charge on any atom is 0.124 e. The Balaban J connectivity index is 2.42. The average Bonchev–Trinajstić information content (AvgIpc) is 1.95. The van der Waals surface area contributed by atoms with Crippen LogP contribution in [0.4, 0.5) is 0 Å². The van der Waals surface area contributed by atoms with Crippen molar-refractivity contribution >= 4 is 12.0 Å². The standard InChI is InChI=1S/C5H10O4S/c6-1-4-5(8)3(7)2-10-9-4/h3-8H,1-2H2/t3-,4-,5-/m1/s1. The highest BCUT2D eigenvalue weighted by Gasteiger charge is 2.31. The van der Waals surface area contributed by atoms with Crippen LogP contribution in [0.25, 0.3) is 0 Å². The van der Waals surface area contributed by atoms with Gasteiger partial charge in [0.2, 0.25) is 0 Å². The largest absolute Gasteiger partial charge is 0.394 e. The third-order valence-electron chi connectivity index (χ3n) is 1.39. The molecule has 1 fully saturated rings. The van der Waals surface area contributed by atoms with E-state index in [0.717, 1.165) is 12.0 Å². The first-order valence-corrected chi connectivity index (χ1v) is 3.92. The van der Waals surface area contributed by atoms with E-state index in [4.69, 9.17) is 19.5 Å². The van der Waals surface area contributed by atoms with E-state index in [1.165, 1.54) is 0 Å². The maximum absolute atomic E-state index is 9.09. The molecule has 3 atom stereocenters. The molecule has 0 unspecified atom stereocenters. The molecule has 0 amide bonds. The van der Waals surface area contributed by atoms with E-state index in [0.29, 0.717) is 5.75 Å². The highest BCUT2D eigenvalue weighted by atomic mass is 32.2. The molecule has 0 aromatic rings. The molecular formula is C5H10O4S. The lowest BCUT2D eigenvalue weighted by molar-refractivity contribution is -0.0616. The average molecular weight is 166 g/mol. The van der Waals surface area contributed by atoms with Gasteiger partial charge in [0.15, 0.2) is 0 Å². The number of aliphatic hydroxyl groups is 3. The summed E-state index contributed by atoms with van der Waals surface area (Å²) in [6, 6.07) is 0. The summed E-state index contributed by atoms with van der Waals surface area (Å²) in [6.45, 7) is -0.259. The van der Waals surface area contributed by atoms with Crippen LogP contribution < -0.4 is 0 Å². The Morgan fingerprint density at radius 1 is 1.50 bits per heavy atom. The zero-order valence-electron chi connectivity index (χ0n) is 5.30. The van der Waals surface area contributed by atoms with Crippen molar-refractivity contribution in [3.8, 4) is 0 Å². The smallest absolute Gasteiger partial charge is 0.124 e. The Morgan fingerprint density at radius 3 is 2.70 bits per heavy atom. The van der Waals surface area contributed by atoms with E-state index >= 15 is 0 Å². The first-order chi connectivity index (χ1) is 4.75. The van der Waals surface area contributed by atoms with Gasteiger partial charge in [0.05, 0.1) is 12.7 Å². The molecule has 5 heteroatoms. The van der Waals surface area contributed by atoms with E-state index in [1.54, 1.807) is 0 Å².